The highest BCUT2D eigenvalue weighted by molar-refractivity contribution is 6.07. The number of rotatable bonds is 9. The fourth-order valence-corrected chi connectivity index (χ4v) is 4.82. The lowest BCUT2D eigenvalue weighted by Gasteiger charge is -2.34. The highest BCUT2D eigenvalue weighted by Crippen LogP contribution is 2.35. The molecule has 1 aromatic carbocycles. The molecular formula is C24H31N5O2. The summed E-state index contributed by atoms with van der Waals surface area (Å²) in [4.78, 5) is 16.0. The summed E-state index contributed by atoms with van der Waals surface area (Å²) in [6, 6.07) is 8.75. The number of unbranched alkanes of at least 4 members (excludes halogenated alkanes) is 1. The molecule has 1 saturated carbocycles. The number of methoxy groups -OCH3 is 1. The molecule has 0 radical (unpaired) electrons. The number of carbonyl (C=O) groups excluding carboxylic acids is 1. The van der Waals surface area contributed by atoms with Gasteiger partial charge in [-0.15, -0.1) is 0 Å². The Kier molecular flexibility index (Phi) is 5.68. The van der Waals surface area contributed by atoms with Gasteiger partial charge in [0, 0.05) is 55.2 Å². The van der Waals surface area contributed by atoms with E-state index in [2.05, 4.69) is 32.7 Å². The first kappa shape index (κ1) is 20.1. The van der Waals surface area contributed by atoms with E-state index >= 15 is 0 Å². The topological polar surface area (TPSA) is 75.2 Å². The molecule has 164 valence electrons. The largest absolute Gasteiger partial charge is 0.385 e. The van der Waals surface area contributed by atoms with Crippen molar-refractivity contribution in [2.45, 2.75) is 57.0 Å². The second kappa shape index (κ2) is 8.75. The zero-order valence-electron chi connectivity index (χ0n) is 18.1. The molecule has 1 unspecified atom stereocenters. The van der Waals surface area contributed by atoms with Crippen molar-refractivity contribution in [3.63, 3.8) is 0 Å². The van der Waals surface area contributed by atoms with Crippen molar-refractivity contribution in [1.29, 1.82) is 0 Å². The molecule has 7 nitrogen and oxygen atoms in total. The quantitative estimate of drug-likeness (QED) is 0.519. The highest BCUT2D eigenvalue weighted by Gasteiger charge is 2.39. The van der Waals surface area contributed by atoms with E-state index in [1.165, 1.54) is 11.3 Å². The summed E-state index contributed by atoms with van der Waals surface area (Å²) in [5.74, 6) is 0.169. The standard InChI is InChI=1S/C24H31N5O2/c1-31-14-3-2-12-26-28-13-11-20-21(5-4-6-23(20)28)24(30)29(18-7-8-18)19-9-10-22-17(15-19)16-25-27-22/h4-6,11,13,16,18-19,26H,2-3,7-10,12,14-15H2,1H3,(H,25,27). The van der Waals surface area contributed by atoms with Gasteiger partial charge in [0.15, 0.2) is 0 Å². The van der Waals surface area contributed by atoms with Gasteiger partial charge in [-0.1, -0.05) is 6.07 Å². The van der Waals surface area contributed by atoms with Gasteiger partial charge in [0.25, 0.3) is 5.91 Å². The summed E-state index contributed by atoms with van der Waals surface area (Å²) < 4.78 is 7.16. The zero-order chi connectivity index (χ0) is 21.2. The maximum Gasteiger partial charge on any atom is 0.255 e. The van der Waals surface area contributed by atoms with Crippen molar-refractivity contribution in [1.82, 2.24) is 19.8 Å². The van der Waals surface area contributed by atoms with Crippen molar-refractivity contribution >= 4 is 16.8 Å². The first-order valence-electron chi connectivity index (χ1n) is 11.4. The number of nitrogens with one attached hydrogen (secondary N) is 2. The molecule has 5 rings (SSSR count). The average Bonchev–Trinajstić information content (AvgIpc) is 3.35. The Morgan fingerprint density at radius 2 is 2.16 bits per heavy atom. The molecule has 7 heteroatoms. The molecule has 2 aliphatic carbocycles. The van der Waals surface area contributed by atoms with Crippen LogP contribution in [0.15, 0.2) is 36.7 Å². The fourth-order valence-electron chi connectivity index (χ4n) is 4.82. The monoisotopic (exact) mass is 421 g/mol. The van der Waals surface area contributed by atoms with Crippen LogP contribution in [0.2, 0.25) is 0 Å². The van der Waals surface area contributed by atoms with E-state index in [9.17, 15) is 4.79 Å². The molecule has 2 heterocycles. The summed E-state index contributed by atoms with van der Waals surface area (Å²) in [7, 11) is 1.73. The van der Waals surface area contributed by atoms with E-state index in [0.29, 0.717) is 6.04 Å². The first-order valence-corrected chi connectivity index (χ1v) is 11.4. The van der Waals surface area contributed by atoms with Gasteiger partial charge >= 0.3 is 0 Å². The van der Waals surface area contributed by atoms with Crippen LogP contribution in [0.4, 0.5) is 0 Å². The van der Waals surface area contributed by atoms with Crippen LogP contribution in [-0.2, 0) is 17.6 Å². The number of aromatic amines is 1. The van der Waals surface area contributed by atoms with E-state index in [4.69, 9.17) is 4.74 Å². The van der Waals surface area contributed by atoms with E-state index in [0.717, 1.165) is 74.6 Å². The molecule has 31 heavy (non-hydrogen) atoms. The van der Waals surface area contributed by atoms with Crippen molar-refractivity contribution in [3.8, 4) is 0 Å². The Balaban J connectivity index is 1.36. The number of hydrogen-bond acceptors (Lipinski definition) is 4. The maximum absolute atomic E-state index is 13.8. The van der Waals surface area contributed by atoms with E-state index in [-0.39, 0.29) is 11.9 Å². The van der Waals surface area contributed by atoms with Crippen LogP contribution >= 0.6 is 0 Å². The van der Waals surface area contributed by atoms with Crippen LogP contribution in [0.1, 0.15) is 53.7 Å². The number of H-pyrrole nitrogens is 1. The normalized spacial score (nSPS) is 18.2. The van der Waals surface area contributed by atoms with Gasteiger partial charge in [-0.2, -0.15) is 5.10 Å². The van der Waals surface area contributed by atoms with Gasteiger partial charge in [0.05, 0.1) is 11.7 Å². The van der Waals surface area contributed by atoms with Gasteiger partial charge in [0.1, 0.15) is 0 Å². The molecular weight excluding hydrogens is 390 g/mol. The van der Waals surface area contributed by atoms with Crippen molar-refractivity contribution < 1.29 is 9.53 Å². The Labute approximate surface area is 182 Å². The van der Waals surface area contributed by atoms with E-state index in [1.54, 1.807) is 7.11 Å². The summed E-state index contributed by atoms with van der Waals surface area (Å²) >= 11 is 0. The molecule has 0 aliphatic heterocycles. The minimum Gasteiger partial charge on any atom is -0.385 e. The van der Waals surface area contributed by atoms with Crippen LogP contribution < -0.4 is 5.43 Å². The van der Waals surface area contributed by atoms with Crippen LogP contribution in [0, 0.1) is 0 Å². The van der Waals surface area contributed by atoms with Gasteiger partial charge in [-0.05, 0) is 68.7 Å². The molecule has 2 aliphatic rings. The van der Waals surface area contributed by atoms with Crippen molar-refractivity contribution in [2.24, 2.45) is 0 Å². The minimum absolute atomic E-state index is 0.169. The molecule has 2 N–H and O–H groups in total. The van der Waals surface area contributed by atoms with Crippen LogP contribution in [0.3, 0.4) is 0 Å². The first-order chi connectivity index (χ1) is 15.3. The van der Waals surface area contributed by atoms with E-state index in [1.807, 2.05) is 29.2 Å². The third-order valence-electron chi connectivity index (χ3n) is 6.58. The van der Waals surface area contributed by atoms with Crippen LogP contribution in [-0.4, -0.2) is 58.0 Å². The summed E-state index contributed by atoms with van der Waals surface area (Å²) in [6.45, 7) is 1.65. The Bertz CT molecular complexity index is 1050. The van der Waals surface area contributed by atoms with Crippen LogP contribution in [0.25, 0.3) is 10.9 Å². The Hall–Kier alpha value is -2.80. The third kappa shape index (κ3) is 4.06. The molecule has 1 fully saturated rings. The second-order valence-electron chi connectivity index (χ2n) is 8.75. The lowest BCUT2D eigenvalue weighted by atomic mass is 9.91. The Morgan fingerprint density at radius 1 is 1.26 bits per heavy atom. The lowest BCUT2D eigenvalue weighted by molar-refractivity contribution is 0.0645. The van der Waals surface area contributed by atoms with Gasteiger partial charge < -0.3 is 15.1 Å². The molecule has 0 saturated heterocycles. The SMILES string of the molecule is COCCCCNn1ccc2c(C(=O)N(C3CC3)C3CCc4[nH]ncc4C3)cccc21. The Morgan fingerprint density at radius 3 is 3.00 bits per heavy atom. The number of aryl methyl sites for hydroxylation is 1. The number of fused-ring (bicyclic) bond motifs is 2. The number of aromatic nitrogens is 3. The summed E-state index contributed by atoms with van der Waals surface area (Å²) in [5, 5.41) is 8.32. The molecule has 0 spiro atoms. The average molecular weight is 422 g/mol. The van der Waals surface area contributed by atoms with Crippen molar-refractivity contribution in [3.05, 3.63) is 53.5 Å². The fraction of sp³-hybridized carbons (Fsp3) is 0.500. The number of benzene rings is 1. The molecule has 2 aromatic heterocycles. The highest BCUT2D eigenvalue weighted by atomic mass is 16.5. The molecule has 1 amide bonds. The van der Waals surface area contributed by atoms with Crippen molar-refractivity contribution in [2.75, 3.05) is 25.7 Å². The number of carbonyl (C=O) groups is 1. The number of nitrogens with zero attached hydrogens (tertiary/aromatic N) is 3. The number of ether oxygens (including phenoxy) is 1. The second-order valence-corrected chi connectivity index (χ2v) is 8.75. The molecule has 0 bridgehead atoms. The predicted octanol–water partition coefficient (Wildman–Crippen LogP) is 3.50. The number of amides is 1. The van der Waals surface area contributed by atoms with E-state index < -0.39 is 0 Å². The van der Waals surface area contributed by atoms with Gasteiger partial charge in [-0.3, -0.25) is 14.6 Å². The minimum atomic E-state index is 0.169. The molecule has 1 atom stereocenters. The summed E-state index contributed by atoms with van der Waals surface area (Å²) in [5.41, 5.74) is 7.80. The smallest absolute Gasteiger partial charge is 0.255 e. The van der Waals surface area contributed by atoms with Gasteiger partial charge in [-0.25, -0.2) is 0 Å². The predicted molar refractivity (Wildman–Crippen MR) is 121 cm³/mol. The number of hydrogen-bond donors (Lipinski definition) is 2. The maximum atomic E-state index is 13.8. The third-order valence-corrected chi connectivity index (χ3v) is 6.58. The molecule has 3 aromatic rings. The lowest BCUT2D eigenvalue weighted by Crippen LogP contribution is -2.44. The van der Waals surface area contributed by atoms with Crippen LogP contribution in [0.5, 0.6) is 0 Å². The zero-order valence-corrected chi connectivity index (χ0v) is 18.1. The van der Waals surface area contributed by atoms with Gasteiger partial charge in [0.2, 0.25) is 0 Å². The summed E-state index contributed by atoms with van der Waals surface area (Å²) in [6.07, 6.45) is 11.1.